The lowest BCUT2D eigenvalue weighted by Gasteiger charge is -2.21. The third kappa shape index (κ3) is 5.48. The molecular weight excluding hydrogens is 226 g/mol. The third-order valence-electron chi connectivity index (χ3n) is 2.67. The van der Waals surface area contributed by atoms with E-state index in [-0.39, 0.29) is 0 Å². The zero-order chi connectivity index (χ0) is 12.6. The second kappa shape index (κ2) is 8.55. The lowest BCUT2D eigenvalue weighted by Crippen LogP contribution is -2.31. The highest BCUT2D eigenvalue weighted by atomic mass is 28.3. The van der Waals surface area contributed by atoms with Crippen LogP contribution in [0.2, 0.25) is 5.54 Å². The van der Waals surface area contributed by atoms with Crippen molar-refractivity contribution in [1.82, 2.24) is 4.90 Å². The van der Waals surface area contributed by atoms with Gasteiger partial charge in [0.25, 0.3) is 0 Å². The molecule has 0 aliphatic heterocycles. The molecule has 16 heavy (non-hydrogen) atoms. The van der Waals surface area contributed by atoms with Crippen LogP contribution in [0.1, 0.15) is 26.7 Å². The van der Waals surface area contributed by atoms with Gasteiger partial charge in [-0.15, -0.1) is 0 Å². The summed E-state index contributed by atoms with van der Waals surface area (Å²) in [5.41, 5.74) is 0.405. The Morgan fingerprint density at radius 3 is 2.38 bits per heavy atom. The van der Waals surface area contributed by atoms with E-state index in [0.29, 0.717) is 18.6 Å². The maximum atomic E-state index is 10.7. The Morgan fingerprint density at radius 2 is 2.00 bits per heavy atom. The van der Waals surface area contributed by atoms with Crippen LogP contribution in [-0.4, -0.2) is 52.7 Å². The first-order valence-corrected chi connectivity index (χ1v) is 7.21. The number of carboxylic acid groups (broad SMARTS) is 1. The standard InChI is InChI=1S/C10H23NO4Si/c1-5-11(10(12)13)8-6-7-9(2)16(14-3)15-4/h9,16H,5-8H2,1-4H3,(H,12,13). The number of nitrogens with zero attached hydrogens (tertiary/aromatic N) is 1. The molecule has 0 heterocycles. The summed E-state index contributed by atoms with van der Waals surface area (Å²) in [6, 6.07) is 0. The number of rotatable bonds is 8. The van der Waals surface area contributed by atoms with E-state index in [9.17, 15) is 4.79 Å². The van der Waals surface area contributed by atoms with Crippen LogP contribution in [0.5, 0.6) is 0 Å². The minimum atomic E-state index is -1.55. The van der Waals surface area contributed by atoms with Crippen LogP contribution in [0, 0.1) is 0 Å². The van der Waals surface area contributed by atoms with E-state index in [2.05, 4.69) is 6.92 Å². The molecule has 1 unspecified atom stereocenters. The zero-order valence-corrected chi connectivity index (χ0v) is 11.8. The van der Waals surface area contributed by atoms with E-state index in [1.807, 2.05) is 6.92 Å². The van der Waals surface area contributed by atoms with Gasteiger partial charge in [0.15, 0.2) is 0 Å². The molecule has 0 rings (SSSR count). The summed E-state index contributed by atoms with van der Waals surface area (Å²) in [7, 11) is 1.80. The molecule has 0 radical (unpaired) electrons. The second-order valence-electron chi connectivity index (χ2n) is 3.82. The van der Waals surface area contributed by atoms with Gasteiger partial charge in [-0.25, -0.2) is 4.79 Å². The maximum Gasteiger partial charge on any atom is 0.407 e. The van der Waals surface area contributed by atoms with E-state index in [1.54, 1.807) is 14.2 Å². The Labute approximate surface area is 99.2 Å². The lowest BCUT2D eigenvalue weighted by atomic mass is 10.2. The summed E-state index contributed by atoms with van der Waals surface area (Å²) in [6.07, 6.45) is 0.960. The number of hydrogen-bond acceptors (Lipinski definition) is 3. The summed E-state index contributed by atoms with van der Waals surface area (Å²) in [6.45, 7) is 5.07. The molecule has 1 atom stereocenters. The Bertz CT molecular complexity index is 199. The molecule has 0 bridgehead atoms. The smallest absolute Gasteiger partial charge is 0.407 e. The van der Waals surface area contributed by atoms with Crippen molar-refractivity contribution in [2.24, 2.45) is 0 Å². The molecule has 0 aromatic rings. The van der Waals surface area contributed by atoms with Gasteiger partial charge in [0.2, 0.25) is 0 Å². The normalized spacial score (nSPS) is 12.8. The lowest BCUT2D eigenvalue weighted by molar-refractivity contribution is 0.146. The van der Waals surface area contributed by atoms with Gasteiger partial charge in [0.05, 0.1) is 0 Å². The summed E-state index contributed by atoms with van der Waals surface area (Å²) in [4.78, 5) is 12.2. The highest BCUT2D eigenvalue weighted by molar-refractivity contribution is 6.46. The average Bonchev–Trinajstić information content (AvgIpc) is 2.25. The summed E-state index contributed by atoms with van der Waals surface area (Å²) in [5, 5.41) is 8.83. The van der Waals surface area contributed by atoms with Crippen molar-refractivity contribution < 1.29 is 18.8 Å². The fourth-order valence-corrected chi connectivity index (χ4v) is 3.32. The van der Waals surface area contributed by atoms with Crippen LogP contribution >= 0.6 is 0 Å². The van der Waals surface area contributed by atoms with Crippen LogP contribution in [0.4, 0.5) is 4.79 Å². The first-order valence-electron chi connectivity index (χ1n) is 5.60. The molecule has 0 aliphatic carbocycles. The first-order chi connectivity index (χ1) is 7.56. The fourth-order valence-electron chi connectivity index (χ4n) is 1.69. The predicted molar refractivity (Wildman–Crippen MR) is 65.1 cm³/mol. The molecule has 0 fully saturated rings. The molecule has 1 N–H and O–H groups in total. The van der Waals surface area contributed by atoms with Crippen LogP contribution in [0.25, 0.3) is 0 Å². The Hall–Kier alpha value is -0.593. The van der Waals surface area contributed by atoms with Gasteiger partial charge in [-0.3, -0.25) is 0 Å². The van der Waals surface area contributed by atoms with E-state index in [0.717, 1.165) is 12.8 Å². The summed E-state index contributed by atoms with van der Waals surface area (Å²) < 4.78 is 10.6. The fraction of sp³-hybridized carbons (Fsp3) is 0.900. The monoisotopic (exact) mass is 249 g/mol. The van der Waals surface area contributed by atoms with Gasteiger partial charge in [-0.1, -0.05) is 6.92 Å². The van der Waals surface area contributed by atoms with Crippen LogP contribution in [0.15, 0.2) is 0 Å². The van der Waals surface area contributed by atoms with Crippen LogP contribution in [-0.2, 0) is 8.85 Å². The van der Waals surface area contributed by atoms with Crippen molar-refractivity contribution in [3.63, 3.8) is 0 Å². The highest BCUT2D eigenvalue weighted by Crippen LogP contribution is 2.17. The third-order valence-corrected chi connectivity index (χ3v) is 4.86. The van der Waals surface area contributed by atoms with Crippen molar-refractivity contribution in [2.45, 2.75) is 32.2 Å². The number of carbonyl (C=O) groups is 1. The molecule has 0 spiro atoms. The maximum absolute atomic E-state index is 10.7. The summed E-state index contributed by atoms with van der Waals surface area (Å²) in [5.74, 6) is 0. The van der Waals surface area contributed by atoms with Gasteiger partial charge in [0.1, 0.15) is 0 Å². The molecule has 0 aliphatic rings. The van der Waals surface area contributed by atoms with E-state index in [1.165, 1.54) is 4.90 Å². The molecule has 96 valence electrons. The minimum absolute atomic E-state index is 0.405. The van der Waals surface area contributed by atoms with Crippen molar-refractivity contribution in [3.05, 3.63) is 0 Å². The minimum Gasteiger partial charge on any atom is -0.465 e. The van der Waals surface area contributed by atoms with Crippen LogP contribution < -0.4 is 0 Å². The molecule has 0 saturated carbocycles. The van der Waals surface area contributed by atoms with Crippen LogP contribution in [0.3, 0.4) is 0 Å². The van der Waals surface area contributed by atoms with Gasteiger partial charge in [0, 0.05) is 27.3 Å². The van der Waals surface area contributed by atoms with Gasteiger partial charge >= 0.3 is 15.4 Å². The molecule has 1 amide bonds. The van der Waals surface area contributed by atoms with Crippen molar-refractivity contribution in [1.29, 1.82) is 0 Å². The Balaban J connectivity index is 3.83. The zero-order valence-electron chi connectivity index (χ0n) is 10.6. The Morgan fingerprint density at radius 1 is 1.44 bits per heavy atom. The molecular formula is C10H23NO4Si. The summed E-state index contributed by atoms with van der Waals surface area (Å²) >= 11 is 0. The van der Waals surface area contributed by atoms with Gasteiger partial charge in [-0.05, 0) is 25.3 Å². The average molecular weight is 249 g/mol. The number of hydrogen-bond donors (Lipinski definition) is 1. The molecule has 6 heteroatoms. The molecule has 0 aromatic carbocycles. The SMILES string of the molecule is CCN(CCCC(C)[SiH](OC)OC)C(=O)O. The second-order valence-corrected chi connectivity index (χ2v) is 6.64. The van der Waals surface area contributed by atoms with Crippen molar-refractivity contribution in [3.8, 4) is 0 Å². The molecule has 5 nitrogen and oxygen atoms in total. The van der Waals surface area contributed by atoms with E-state index >= 15 is 0 Å². The van der Waals surface area contributed by atoms with E-state index < -0.39 is 15.4 Å². The topological polar surface area (TPSA) is 59.0 Å². The largest absolute Gasteiger partial charge is 0.465 e. The van der Waals surface area contributed by atoms with Gasteiger partial charge in [-0.2, -0.15) is 0 Å². The van der Waals surface area contributed by atoms with E-state index in [4.69, 9.17) is 14.0 Å². The van der Waals surface area contributed by atoms with Crippen molar-refractivity contribution in [2.75, 3.05) is 27.3 Å². The van der Waals surface area contributed by atoms with Crippen molar-refractivity contribution >= 4 is 15.4 Å². The first kappa shape index (κ1) is 15.4. The van der Waals surface area contributed by atoms with Gasteiger partial charge < -0.3 is 18.9 Å². The highest BCUT2D eigenvalue weighted by Gasteiger charge is 2.19. The number of amides is 1. The Kier molecular flexibility index (Phi) is 8.23. The predicted octanol–water partition coefficient (Wildman–Crippen LogP) is 1.67. The molecule has 0 saturated heterocycles. The molecule has 0 aromatic heterocycles. The quantitative estimate of drug-likeness (QED) is 0.665.